The predicted molar refractivity (Wildman–Crippen MR) is 86.2 cm³/mol. The van der Waals surface area contributed by atoms with Gasteiger partial charge in [-0.2, -0.15) is 0 Å². The molecule has 22 heavy (non-hydrogen) atoms. The monoisotopic (exact) mass is 306 g/mol. The van der Waals surface area contributed by atoms with Gasteiger partial charge in [0.05, 0.1) is 19.8 Å². The minimum Gasteiger partial charge on any atom is -0.497 e. The van der Waals surface area contributed by atoms with E-state index in [1.807, 2.05) is 12.1 Å². The molecule has 0 saturated carbocycles. The standard InChI is InChI=1S/C17H26N2O3/c1-13(14-5-7-16(22-2)8-6-14)9-10-18-17(21)19-11-3-4-15(19)12-20/h5-8,13,15,20H,3-4,9-12H2,1-2H3,(H,18,21)/t13-,15+/m0/s1. The lowest BCUT2D eigenvalue weighted by atomic mass is 9.98. The van der Waals surface area contributed by atoms with E-state index in [0.29, 0.717) is 12.5 Å². The molecule has 1 aliphatic heterocycles. The third-order valence-electron chi connectivity index (χ3n) is 4.39. The number of ether oxygens (including phenoxy) is 1. The largest absolute Gasteiger partial charge is 0.497 e. The number of hydrogen-bond donors (Lipinski definition) is 2. The SMILES string of the molecule is COc1ccc([C@@H](C)CCNC(=O)N2CCC[C@@H]2CO)cc1. The third-order valence-corrected chi connectivity index (χ3v) is 4.39. The summed E-state index contributed by atoms with van der Waals surface area (Å²) in [4.78, 5) is 13.9. The Labute approximate surface area is 132 Å². The van der Waals surface area contributed by atoms with Crippen molar-refractivity contribution in [1.29, 1.82) is 0 Å². The van der Waals surface area contributed by atoms with Crippen molar-refractivity contribution < 1.29 is 14.6 Å². The van der Waals surface area contributed by atoms with Gasteiger partial charge in [-0.3, -0.25) is 0 Å². The number of carbonyl (C=O) groups is 1. The van der Waals surface area contributed by atoms with E-state index in [1.165, 1.54) is 5.56 Å². The van der Waals surface area contributed by atoms with Crippen molar-refractivity contribution in [2.24, 2.45) is 0 Å². The highest BCUT2D eigenvalue weighted by Crippen LogP contribution is 2.21. The summed E-state index contributed by atoms with van der Waals surface area (Å²) in [6, 6.07) is 7.97. The van der Waals surface area contributed by atoms with Crippen molar-refractivity contribution in [2.45, 2.75) is 38.1 Å². The van der Waals surface area contributed by atoms with Gasteiger partial charge < -0.3 is 20.1 Å². The summed E-state index contributed by atoms with van der Waals surface area (Å²) in [5, 5.41) is 12.2. The molecule has 0 aliphatic carbocycles. The number of aliphatic hydroxyl groups is 1. The summed E-state index contributed by atoms with van der Waals surface area (Å²) in [5.74, 6) is 1.23. The van der Waals surface area contributed by atoms with Gasteiger partial charge in [-0.1, -0.05) is 19.1 Å². The summed E-state index contributed by atoms with van der Waals surface area (Å²) in [7, 11) is 1.66. The van der Waals surface area contributed by atoms with Crippen LogP contribution in [0.5, 0.6) is 5.75 Å². The molecule has 2 atom stereocenters. The Hall–Kier alpha value is -1.75. The zero-order chi connectivity index (χ0) is 15.9. The molecule has 1 aromatic rings. The van der Waals surface area contributed by atoms with Gasteiger partial charge in [-0.05, 0) is 42.9 Å². The minimum atomic E-state index is -0.0570. The molecule has 1 aliphatic rings. The maximum atomic E-state index is 12.1. The molecule has 1 heterocycles. The second kappa shape index (κ2) is 8.03. The molecule has 0 unspecified atom stereocenters. The van der Waals surface area contributed by atoms with Crippen LogP contribution in [-0.4, -0.2) is 48.9 Å². The average molecular weight is 306 g/mol. The topological polar surface area (TPSA) is 61.8 Å². The highest BCUT2D eigenvalue weighted by atomic mass is 16.5. The Morgan fingerprint density at radius 3 is 2.82 bits per heavy atom. The van der Waals surface area contributed by atoms with Crippen molar-refractivity contribution in [3.05, 3.63) is 29.8 Å². The molecular weight excluding hydrogens is 280 g/mol. The van der Waals surface area contributed by atoms with E-state index < -0.39 is 0 Å². The number of nitrogens with one attached hydrogen (secondary N) is 1. The summed E-state index contributed by atoms with van der Waals surface area (Å²) < 4.78 is 5.16. The maximum absolute atomic E-state index is 12.1. The van der Waals surface area contributed by atoms with Crippen molar-refractivity contribution in [3.63, 3.8) is 0 Å². The molecule has 5 heteroatoms. The average Bonchev–Trinajstić information content (AvgIpc) is 3.03. The predicted octanol–water partition coefficient (Wildman–Crippen LogP) is 2.36. The zero-order valence-electron chi connectivity index (χ0n) is 13.4. The lowest BCUT2D eigenvalue weighted by molar-refractivity contribution is 0.157. The van der Waals surface area contributed by atoms with Crippen LogP contribution >= 0.6 is 0 Å². The summed E-state index contributed by atoms with van der Waals surface area (Å²) in [6.45, 7) is 3.59. The Morgan fingerprint density at radius 2 is 2.18 bits per heavy atom. The van der Waals surface area contributed by atoms with Crippen LogP contribution in [0, 0.1) is 0 Å². The minimum absolute atomic E-state index is 0.0148. The lowest BCUT2D eigenvalue weighted by Crippen LogP contribution is -2.44. The Kier molecular flexibility index (Phi) is 6.07. The first kappa shape index (κ1) is 16.6. The van der Waals surface area contributed by atoms with E-state index in [-0.39, 0.29) is 18.7 Å². The van der Waals surface area contributed by atoms with Crippen molar-refractivity contribution >= 4 is 6.03 Å². The second-order valence-corrected chi connectivity index (χ2v) is 5.87. The first-order valence-corrected chi connectivity index (χ1v) is 7.95. The Balaban J connectivity index is 1.76. The van der Waals surface area contributed by atoms with E-state index in [4.69, 9.17) is 4.74 Å². The molecule has 0 spiro atoms. The summed E-state index contributed by atoms with van der Waals surface area (Å²) >= 11 is 0. The smallest absolute Gasteiger partial charge is 0.317 e. The fourth-order valence-corrected chi connectivity index (χ4v) is 2.89. The van der Waals surface area contributed by atoms with Crippen molar-refractivity contribution in [1.82, 2.24) is 10.2 Å². The third kappa shape index (κ3) is 4.13. The van der Waals surface area contributed by atoms with E-state index in [9.17, 15) is 9.90 Å². The summed E-state index contributed by atoms with van der Waals surface area (Å²) in [5.41, 5.74) is 1.24. The van der Waals surface area contributed by atoms with Gasteiger partial charge in [0.25, 0.3) is 0 Å². The molecule has 1 aromatic carbocycles. The molecule has 1 fully saturated rings. The normalized spacial score (nSPS) is 19.0. The van der Waals surface area contributed by atoms with Crippen LogP contribution in [0.3, 0.4) is 0 Å². The van der Waals surface area contributed by atoms with Crippen LogP contribution in [0.15, 0.2) is 24.3 Å². The maximum Gasteiger partial charge on any atom is 0.317 e. The molecule has 2 rings (SSSR count). The lowest BCUT2D eigenvalue weighted by Gasteiger charge is -2.23. The van der Waals surface area contributed by atoms with Gasteiger partial charge in [-0.15, -0.1) is 0 Å². The molecular formula is C17H26N2O3. The number of benzene rings is 1. The molecule has 0 radical (unpaired) electrons. The van der Waals surface area contributed by atoms with Gasteiger partial charge in [-0.25, -0.2) is 4.79 Å². The summed E-state index contributed by atoms with van der Waals surface area (Å²) in [6.07, 6.45) is 2.75. The van der Waals surface area contributed by atoms with Gasteiger partial charge >= 0.3 is 6.03 Å². The fourth-order valence-electron chi connectivity index (χ4n) is 2.89. The zero-order valence-corrected chi connectivity index (χ0v) is 13.4. The van der Waals surface area contributed by atoms with Crippen LogP contribution in [0.2, 0.25) is 0 Å². The van der Waals surface area contributed by atoms with Crippen LogP contribution in [0.25, 0.3) is 0 Å². The van der Waals surface area contributed by atoms with E-state index in [0.717, 1.165) is 31.6 Å². The second-order valence-electron chi connectivity index (χ2n) is 5.87. The molecule has 5 nitrogen and oxygen atoms in total. The van der Waals surface area contributed by atoms with E-state index >= 15 is 0 Å². The van der Waals surface area contributed by atoms with Crippen LogP contribution in [-0.2, 0) is 0 Å². The number of likely N-dealkylation sites (tertiary alicyclic amines) is 1. The number of nitrogens with zero attached hydrogens (tertiary/aromatic N) is 1. The molecule has 0 bridgehead atoms. The molecule has 2 amide bonds. The van der Waals surface area contributed by atoms with Gasteiger partial charge in [0.1, 0.15) is 5.75 Å². The molecule has 1 saturated heterocycles. The number of aliphatic hydroxyl groups excluding tert-OH is 1. The molecule has 122 valence electrons. The highest BCUT2D eigenvalue weighted by Gasteiger charge is 2.27. The van der Waals surface area contributed by atoms with Crippen LogP contribution in [0.4, 0.5) is 4.79 Å². The first-order valence-electron chi connectivity index (χ1n) is 7.95. The van der Waals surface area contributed by atoms with Crippen molar-refractivity contribution in [3.8, 4) is 5.75 Å². The van der Waals surface area contributed by atoms with E-state index in [1.54, 1.807) is 12.0 Å². The number of amides is 2. The van der Waals surface area contributed by atoms with Gasteiger partial charge in [0.2, 0.25) is 0 Å². The number of hydrogen-bond acceptors (Lipinski definition) is 3. The molecule has 0 aromatic heterocycles. The number of rotatable bonds is 6. The van der Waals surface area contributed by atoms with E-state index in [2.05, 4.69) is 24.4 Å². The quantitative estimate of drug-likeness (QED) is 0.848. The van der Waals surface area contributed by atoms with Crippen LogP contribution in [0.1, 0.15) is 37.7 Å². The Bertz CT molecular complexity index is 475. The first-order chi connectivity index (χ1) is 10.7. The van der Waals surface area contributed by atoms with Crippen LogP contribution < -0.4 is 10.1 Å². The van der Waals surface area contributed by atoms with Crippen molar-refractivity contribution in [2.75, 3.05) is 26.8 Å². The number of methoxy groups -OCH3 is 1. The van der Waals surface area contributed by atoms with Gasteiger partial charge in [0.15, 0.2) is 0 Å². The Morgan fingerprint density at radius 1 is 1.45 bits per heavy atom. The van der Waals surface area contributed by atoms with Gasteiger partial charge in [0, 0.05) is 13.1 Å². The number of urea groups is 1. The number of carbonyl (C=O) groups excluding carboxylic acids is 1. The fraction of sp³-hybridized carbons (Fsp3) is 0.588. The highest BCUT2D eigenvalue weighted by molar-refractivity contribution is 5.74. The molecule has 2 N–H and O–H groups in total.